The van der Waals surface area contributed by atoms with E-state index >= 15 is 0 Å². The molecule has 0 N–H and O–H groups in total. The van der Waals surface area contributed by atoms with Crippen LogP contribution in [0.25, 0.3) is 39.2 Å². The van der Waals surface area contributed by atoms with Crippen LogP contribution in [0.3, 0.4) is 0 Å². The number of anilines is 3. The Balaban J connectivity index is 1.66. The molecule has 4 aromatic carbocycles. The first-order chi connectivity index (χ1) is 16.8. The Labute approximate surface area is 207 Å². The van der Waals surface area contributed by atoms with Gasteiger partial charge in [0.15, 0.2) is 0 Å². The predicted molar refractivity (Wildman–Crippen MR) is 148 cm³/mol. The fraction of sp³-hybridized carbons (Fsp3) is 0. The van der Waals surface area contributed by atoms with Gasteiger partial charge in [-0.25, -0.2) is 0 Å². The molecule has 1 aliphatic rings. The third kappa shape index (κ3) is 3.28. The summed E-state index contributed by atoms with van der Waals surface area (Å²) >= 11 is 3.88. The summed E-state index contributed by atoms with van der Waals surface area (Å²) in [6.07, 6.45) is 7.69. The van der Waals surface area contributed by atoms with Gasteiger partial charge < -0.3 is 4.90 Å². The van der Waals surface area contributed by atoms with Gasteiger partial charge in [-0.05, 0) is 74.4 Å². The van der Waals surface area contributed by atoms with Crippen molar-refractivity contribution in [3.05, 3.63) is 126 Å². The number of nitrogens with zero attached hydrogens (tertiary/aromatic N) is 2. The van der Waals surface area contributed by atoms with E-state index in [4.69, 9.17) is 4.98 Å². The number of allylic oxidation sites excluding steroid dienone is 2. The molecule has 0 saturated heterocycles. The summed E-state index contributed by atoms with van der Waals surface area (Å²) in [5.74, 6) is 0. The smallest absolute Gasteiger partial charge is 0.0949 e. The van der Waals surface area contributed by atoms with E-state index in [0.717, 1.165) is 38.4 Å². The van der Waals surface area contributed by atoms with E-state index in [1.165, 1.54) is 21.9 Å². The van der Waals surface area contributed by atoms with Gasteiger partial charge >= 0.3 is 0 Å². The monoisotopic (exact) mass is 500 g/mol. The van der Waals surface area contributed by atoms with Crippen LogP contribution in [0.15, 0.2) is 120 Å². The standard InChI is InChI=1S/C31H21BrN2/c1-2-3-10-22-13-7-16-27(30(22)32)34-26-15-8-14-23-19-24(21-11-5-4-6-12-21)20-25(29(23)26)31-28(34)17-9-18-33-31/h2-20H,1H2/b10-3-. The Morgan fingerprint density at radius 3 is 2.41 bits per heavy atom. The van der Waals surface area contributed by atoms with Crippen molar-refractivity contribution in [1.82, 2.24) is 4.98 Å². The molecule has 5 aromatic rings. The van der Waals surface area contributed by atoms with Gasteiger partial charge in [-0.15, -0.1) is 0 Å². The normalized spacial score (nSPS) is 12.2. The van der Waals surface area contributed by atoms with Gasteiger partial charge in [-0.2, -0.15) is 0 Å². The van der Waals surface area contributed by atoms with E-state index in [1.807, 2.05) is 18.3 Å². The maximum absolute atomic E-state index is 4.87. The quantitative estimate of drug-likeness (QED) is 0.224. The van der Waals surface area contributed by atoms with Crippen LogP contribution in [0, 0.1) is 0 Å². The summed E-state index contributed by atoms with van der Waals surface area (Å²) in [6.45, 7) is 3.81. The van der Waals surface area contributed by atoms with Gasteiger partial charge in [-0.3, -0.25) is 4.98 Å². The molecule has 2 heterocycles. The summed E-state index contributed by atoms with van der Waals surface area (Å²) < 4.78 is 1.03. The number of benzene rings is 4. The lowest BCUT2D eigenvalue weighted by Crippen LogP contribution is -2.16. The van der Waals surface area contributed by atoms with E-state index in [-0.39, 0.29) is 0 Å². The van der Waals surface area contributed by atoms with E-state index in [2.05, 4.69) is 118 Å². The topological polar surface area (TPSA) is 16.1 Å². The highest BCUT2D eigenvalue weighted by molar-refractivity contribution is 9.10. The van der Waals surface area contributed by atoms with Gasteiger partial charge in [0.2, 0.25) is 0 Å². The van der Waals surface area contributed by atoms with Crippen molar-refractivity contribution in [1.29, 1.82) is 0 Å². The highest BCUT2D eigenvalue weighted by Crippen LogP contribution is 2.52. The number of rotatable bonds is 4. The van der Waals surface area contributed by atoms with Crippen LogP contribution in [-0.2, 0) is 0 Å². The molecule has 2 nitrogen and oxygen atoms in total. The summed E-state index contributed by atoms with van der Waals surface area (Å²) in [5, 5.41) is 2.42. The first-order valence-electron chi connectivity index (χ1n) is 11.2. The number of pyridine rings is 1. The lowest BCUT2D eigenvalue weighted by molar-refractivity contribution is 1.22. The second kappa shape index (κ2) is 8.44. The Morgan fingerprint density at radius 2 is 1.56 bits per heavy atom. The molecule has 0 bridgehead atoms. The van der Waals surface area contributed by atoms with Crippen LogP contribution in [0.4, 0.5) is 17.1 Å². The molecule has 0 aliphatic carbocycles. The second-order valence-corrected chi connectivity index (χ2v) is 9.04. The van der Waals surface area contributed by atoms with Crippen molar-refractivity contribution in [3.8, 4) is 22.4 Å². The molecule has 0 saturated carbocycles. The molecular weight excluding hydrogens is 480 g/mol. The third-order valence-corrected chi connectivity index (χ3v) is 7.11. The van der Waals surface area contributed by atoms with Crippen molar-refractivity contribution in [2.45, 2.75) is 0 Å². The Kier molecular flexibility index (Phi) is 5.12. The van der Waals surface area contributed by atoms with Gasteiger partial charge in [0.1, 0.15) is 0 Å². The van der Waals surface area contributed by atoms with Gasteiger partial charge in [0, 0.05) is 21.6 Å². The maximum Gasteiger partial charge on any atom is 0.0949 e. The van der Waals surface area contributed by atoms with E-state index in [0.29, 0.717) is 0 Å². The minimum Gasteiger partial charge on any atom is -0.306 e. The minimum atomic E-state index is 0.989. The SMILES string of the molecule is C=C/C=C\c1cccc(N2c3cccnc3-c3cc(-c4ccccc4)cc4cccc2c34)c1Br. The minimum absolute atomic E-state index is 0.989. The van der Waals surface area contributed by atoms with Crippen molar-refractivity contribution in [2.24, 2.45) is 0 Å². The molecule has 34 heavy (non-hydrogen) atoms. The molecule has 0 spiro atoms. The molecular formula is C31H21BrN2. The summed E-state index contributed by atoms with van der Waals surface area (Å²) in [7, 11) is 0. The average Bonchev–Trinajstić information content (AvgIpc) is 2.89. The van der Waals surface area contributed by atoms with Crippen LogP contribution in [0.2, 0.25) is 0 Å². The zero-order chi connectivity index (χ0) is 23.1. The van der Waals surface area contributed by atoms with Gasteiger partial charge in [0.05, 0.1) is 22.8 Å². The molecule has 1 aliphatic heterocycles. The molecule has 1 aromatic heterocycles. The zero-order valence-electron chi connectivity index (χ0n) is 18.4. The number of hydrogen-bond donors (Lipinski definition) is 0. The fourth-order valence-corrected chi connectivity index (χ4v) is 5.34. The Hall–Kier alpha value is -3.95. The Bertz CT molecular complexity index is 1580. The molecule has 0 amide bonds. The van der Waals surface area contributed by atoms with Crippen LogP contribution in [-0.4, -0.2) is 4.98 Å². The third-order valence-electron chi connectivity index (χ3n) is 6.25. The fourth-order valence-electron chi connectivity index (χ4n) is 4.76. The van der Waals surface area contributed by atoms with Crippen molar-refractivity contribution < 1.29 is 0 Å². The number of halogens is 1. The van der Waals surface area contributed by atoms with Crippen molar-refractivity contribution in [3.63, 3.8) is 0 Å². The molecule has 6 rings (SSSR count). The summed E-state index contributed by atoms with van der Waals surface area (Å²) in [5.41, 5.74) is 8.95. The van der Waals surface area contributed by atoms with Gasteiger partial charge in [0.25, 0.3) is 0 Å². The van der Waals surface area contributed by atoms with Crippen LogP contribution in [0.1, 0.15) is 5.56 Å². The van der Waals surface area contributed by atoms with Crippen LogP contribution in [0.5, 0.6) is 0 Å². The van der Waals surface area contributed by atoms with Crippen LogP contribution >= 0.6 is 15.9 Å². The number of hydrogen-bond acceptors (Lipinski definition) is 2. The molecule has 3 heteroatoms. The molecule has 0 unspecified atom stereocenters. The molecule has 0 radical (unpaired) electrons. The van der Waals surface area contributed by atoms with Crippen molar-refractivity contribution in [2.75, 3.05) is 4.90 Å². The molecule has 0 fully saturated rings. The van der Waals surface area contributed by atoms with Gasteiger partial charge in [-0.1, -0.05) is 79.4 Å². The largest absolute Gasteiger partial charge is 0.306 e. The highest BCUT2D eigenvalue weighted by atomic mass is 79.9. The van der Waals surface area contributed by atoms with E-state index in [9.17, 15) is 0 Å². The van der Waals surface area contributed by atoms with Crippen molar-refractivity contribution >= 4 is 49.8 Å². The van der Waals surface area contributed by atoms with E-state index in [1.54, 1.807) is 6.08 Å². The number of fused-ring (bicyclic) bond motifs is 2. The first kappa shape index (κ1) is 20.6. The lowest BCUT2D eigenvalue weighted by atomic mass is 9.90. The van der Waals surface area contributed by atoms with E-state index < -0.39 is 0 Å². The number of aromatic nitrogens is 1. The highest BCUT2D eigenvalue weighted by Gasteiger charge is 2.28. The van der Waals surface area contributed by atoms with Crippen LogP contribution < -0.4 is 4.90 Å². The molecule has 0 atom stereocenters. The summed E-state index contributed by atoms with van der Waals surface area (Å²) in [6, 6.07) is 32.1. The zero-order valence-corrected chi connectivity index (χ0v) is 20.0. The average molecular weight is 501 g/mol. The maximum atomic E-state index is 4.87. The second-order valence-electron chi connectivity index (χ2n) is 8.25. The molecule has 162 valence electrons. The lowest BCUT2D eigenvalue weighted by Gasteiger charge is -2.33. The predicted octanol–water partition coefficient (Wildman–Crippen LogP) is 9.31. The Morgan fingerprint density at radius 1 is 0.765 bits per heavy atom. The first-order valence-corrected chi connectivity index (χ1v) is 12.0. The summed E-state index contributed by atoms with van der Waals surface area (Å²) in [4.78, 5) is 7.19.